The number of hydrogen-bond acceptors (Lipinski definition) is 5. The van der Waals surface area contributed by atoms with E-state index in [9.17, 15) is 4.79 Å². The van der Waals surface area contributed by atoms with Crippen LogP contribution < -0.4 is 5.32 Å². The van der Waals surface area contributed by atoms with Gasteiger partial charge in [0.1, 0.15) is 5.69 Å². The molecule has 1 saturated heterocycles. The van der Waals surface area contributed by atoms with Crippen molar-refractivity contribution in [1.82, 2.24) is 20.3 Å². The Kier molecular flexibility index (Phi) is 3.90. The molecule has 6 nitrogen and oxygen atoms in total. The van der Waals surface area contributed by atoms with Crippen LogP contribution in [-0.4, -0.2) is 46.6 Å². The lowest BCUT2D eigenvalue weighted by Gasteiger charge is -2.16. The summed E-state index contributed by atoms with van der Waals surface area (Å²) in [5.74, 6) is -0.142. The summed E-state index contributed by atoms with van der Waals surface area (Å²) in [5, 5.41) is 10.9. The van der Waals surface area contributed by atoms with Crippen LogP contribution in [0, 0.1) is 5.92 Å². The molecule has 2 rings (SSSR count). The maximum atomic E-state index is 12.4. The second-order valence-electron chi connectivity index (χ2n) is 4.02. The van der Waals surface area contributed by atoms with Crippen LogP contribution in [0.4, 0.5) is 0 Å². The number of ketones is 1. The Morgan fingerprint density at radius 2 is 2.41 bits per heavy atom. The molecule has 0 aliphatic carbocycles. The van der Waals surface area contributed by atoms with Gasteiger partial charge in [0.15, 0.2) is 10.4 Å². The van der Waals surface area contributed by atoms with Crippen LogP contribution in [0.25, 0.3) is 0 Å². The van der Waals surface area contributed by atoms with Gasteiger partial charge in [0.05, 0.1) is 19.1 Å². The monoisotopic (exact) mass is 302 g/mol. The van der Waals surface area contributed by atoms with Crippen molar-refractivity contribution < 1.29 is 9.53 Å². The summed E-state index contributed by atoms with van der Waals surface area (Å²) in [5.41, 5.74) is 0.503. The number of nitrogens with one attached hydrogen (secondary N) is 1. The molecule has 2 heterocycles. The van der Waals surface area contributed by atoms with Gasteiger partial charge in [0, 0.05) is 13.1 Å². The van der Waals surface area contributed by atoms with E-state index < -0.39 is 0 Å². The van der Waals surface area contributed by atoms with Gasteiger partial charge in [-0.15, -0.1) is 5.10 Å². The van der Waals surface area contributed by atoms with Crippen LogP contribution in [-0.2, 0) is 11.8 Å². The number of carbonyl (C=O) groups is 1. The Labute approximate surface area is 108 Å². The molecule has 1 aliphatic heterocycles. The number of halogens is 1. The minimum Gasteiger partial charge on any atom is -0.379 e. The van der Waals surface area contributed by atoms with Crippen LogP contribution in [0.3, 0.4) is 0 Å². The van der Waals surface area contributed by atoms with Crippen molar-refractivity contribution in [2.45, 2.75) is 13.0 Å². The zero-order chi connectivity index (χ0) is 12.4. The average molecular weight is 303 g/mol. The molecular formula is C10H15BrN4O2. The summed E-state index contributed by atoms with van der Waals surface area (Å²) in [6, 6.07) is 0.0781. The third kappa shape index (κ3) is 2.41. The summed E-state index contributed by atoms with van der Waals surface area (Å²) in [6.45, 7) is 3.87. The molecule has 1 aliphatic rings. The molecule has 1 N–H and O–H groups in total. The number of aromatic nitrogens is 3. The third-order valence-electron chi connectivity index (χ3n) is 2.90. The molecule has 1 aromatic rings. The minimum atomic E-state index is -0.163. The number of Topliss-reactive ketones (excluding diaryl/α,β-unsaturated/α-hetero) is 1. The summed E-state index contributed by atoms with van der Waals surface area (Å²) in [4.78, 5) is 12.4. The van der Waals surface area contributed by atoms with Crippen molar-refractivity contribution in [1.29, 1.82) is 0 Å². The topological polar surface area (TPSA) is 69.0 Å². The van der Waals surface area contributed by atoms with Gasteiger partial charge in [-0.2, -0.15) is 0 Å². The van der Waals surface area contributed by atoms with Crippen molar-refractivity contribution in [3.8, 4) is 0 Å². The normalized spacial score (nSPS) is 24.2. The molecule has 0 bridgehead atoms. The fourth-order valence-electron chi connectivity index (χ4n) is 2.04. The predicted octanol–water partition coefficient (Wildman–Crippen LogP) is 0.385. The number of nitrogens with zero attached hydrogens (tertiary/aromatic N) is 3. The summed E-state index contributed by atoms with van der Waals surface area (Å²) in [6.07, 6.45) is 0. The van der Waals surface area contributed by atoms with Gasteiger partial charge in [0.25, 0.3) is 0 Å². The maximum Gasteiger partial charge on any atom is 0.190 e. The first-order chi connectivity index (χ1) is 8.15. The Morgan fingerprint density at radius 1 is 1.65 bits per heavy atom. The van der Waals surface area contributed by atoms with E-state index in [4.69, 9.17) is 4.74 Å². The predicted molar refractivity (Wildman–Crippen MR) is 64.8 cm³/mol. The van der Waals surface area contributed by atoms with Crippen molar-refractivity contribution in [2.24, 2.45) is 13.0 Å². The van der Waals surface area contributed by atoms with Crippen LogP contribution in [0.1, 0.15) is 17.4 Å². The Hall–Kier alpha value is -0.790. The highest BCUT2D eigenvalue weighted by molar-refractivity contribution is 9.10. The Balaban J connectivity index is 2.20. The zero-order valence-electron chi connectivity index (χ0n) is 9.81. The number of carbonyl (C=O) groups excluding carboxylic acids is 1. The first-order valence-corrected chi connectivity index (χ1v) is 6.35. The number of likely N-dealkylation sites (N-methyl/N-ethyl adjacent to an activating group) is 1. The molecule has 1 aromatic heterocycles. The molecule has 0 amide bonds. The van der Waals surface area contributed by atoms with Gasteiger partial charge in [0.2, 0.25) is 0 Å². The van der Waals surface area contributed by atoms with E-state index in [1.54, 1.807) is 7.05 Å². The van der Waals surface area contributed by atoms with Gasteiger partial charge in [-0.3, -0.25) is 4.79 Å². The summed E-state index contributed by atoms with van der Waals surface area (Å²) < 4.78 is 7.36. The van der Waals surface area contributed by atoms with E-state index >= 15 is 0 Å². The molecule has 0 aromatic carbocycles. The van der Waals surface area contributed by atoms with Gasteiger partial charge in [-0.05, 0) is 22.5 Å². The molecule has 2 unspecified atom stereocenters. The Morgan fingerprint density at radius 3 is 3.00 bits per heavy atom. The molecule has 0 saturated carbocycles. The first-order valence-electron chi connectivity index (χ1n) is 5.55. The van der Waals surface area contributed by atoms with Crippen LogP contribution in [0.2, 0.25) is 0 Å². The van der Waals surface area contributed by atoms with Crippen molar-refractivity contribution in [2.75, 3.05) is 19.8 Å². The van der Waals surface area contributed by atoms with Gasteiger partial charge < -0.3 is 10.1 Å². The number of aryl methyl sites for hydroxylation is 1. The molecule has 94 valence electrons. The smallest absolute Gasteiger partial charge is 0.190 e. The third-order valence-corrected chi connectivity index (χ3v) is 3.44. The average Bonchev–Trinajstić information content (AvgIpc) is 2.86. The summed E-state index contributed by atoms with van der Waals surface area (Å²) in [7, 11) is 1.71. The number of rotatable bonds is 4. The van der Waals surface area contributed by atoms with E-state index in [-0.39, 0.29) is 17.7 Å². The SMILES string of the molecule is CCNC1COCC1C(=O)c1c(Br)nnn1C. The highest BCUT2D eigenvalue weighted by Gasteiger charge is 2.36. The van der Waals surface area contributed by atoms with Gasteiger partial charge in [-0.25, -0.2) is 4.68 Å². The minimum absolute atomic E-state index is 0.0211. The molecule has 1 fully saturated rings. The lowest BCUT2D eigenvalue weighted by molar-refractivity contribution is 0.0881. The van der Waals surface area contributed by atoms with E-state index in [1.807, 2.05) is 6.92 Å². The molecule has 2 atom stereocenters. The number of ether oxygens (including phenoxy) is 1. The molecular weight excluding hydrogens is 288 g/mol. The van der Waals surface area contributed by atoms with E-state index in [1.165, 1.54) is 4.68 Å². The van der Waals surface area contributed by atoms with Crippen LogP contribution in [0.15, 0.2) is 4.60 Å². The van der Waals surface area contributed by atoms with Crippen LogP contribution in [0.5, 0.6) is 0 Å². The zero-order valence-corrected chi connectivity index (χ0v) is 11.4. The largest absolute Gasteiger partial charge is 0.379 e. The van der Waals surface area contributed by atoms with Crippen molar-refractivity contribution in [3.63, 3.8) is 0 Å². The van der Waals surface area contributed by atoms with E-state index in [2.05, 4.69) is 31.6 Å². The highest BCUT2D eigenvalue weighted by Crippen LogP contribution is 2.22. The highest BCUT2D eigenvalue weighted by atomic mass is 79.9. The van der Waals surface area contributed by atoms with Gasteiger partial charge in [-0.1, -0.05) is 12.1 Å². The second-order valence-corrected chi connectivity index (χ2v) is 4.78. The lowest BCUT2D eigenvalue weighted by Crippen LogP contribution is -2.39. The molecule has 0 spiro atoms. The first kappa shape index (κ1) is 12.7. The molecule has 0 radical (unpaired) electrons. The number of hydrogen-bond donors (Lipinski definition) is 1. The van der Waals surface area contributed by atoms with Crippen molar-refractivity contribution >= 4 is 21.7 Å². The molecule has 7 heteroatoms. The maximum absolute atomic E-state index is 12.4. The summed E-state index contributed by atoms with van der Waals surface area (Å²) >= 11 is 3.25. The Bertz CT molecular complexity index is 401. The fraction of sp³-hybridized carbons (Fsp3) is 0.700. The van der Waals surface area contributed by atoms with Crippen molar-refractivity contribution in [3.05, 3.63) is 10.3 Å². The van der Waals surface area contributed by atoms with E-state index in [0.29, 0.717) is 23.5 Å². The standard InChI is InChI=1S/C10H15BrN4O2/c1-3-12-7-5-17-4-6(7)9(16)8-10(11)13-14-15(8)2/h6-7,12H,3-5H2,1-2H3. The second kappa shape index (κ2) is 5.24. The quantitative estimate of drug-likeness (QED) is 0.815. The fourth-order valence-corrected chi connectivity index (χ4v) is 2.57. The lowest BCUT2D eigenvalue weighted by atomic mass is 9.96. The molecule has 17 heavy (non-hydrogen) atoms. The van der Waals surface area contributed by atoms with Gasteiger partial charge >= 0.3 is 0 Å². The van der Waals surface area contributed by atoms with Crippen LogP contribution >= 0.6 is 15.9 Å². The van der Waals surface area contributed by atoms with E-state index in [0.717, 1.165) is 6.54 Å².